The Hall–Kier alpha value is -4.67. The summed E-state index contributed by atoms with van der Waals surface area (Å²) in [5, 5.41) is 1.09. The largest absolute Gasteiger partial charge is 0.373 e. The van der Waals surface area contributed by atoms with Gasteiger partial charge in [-0.15, -0.1) is 0 Å². The number of nitrogens with zero attached hydrogens (tertiary/aromatic N) is 4. The van der Waals surface area contributed by atoms with E-state index in [0.717, 1.165) is 11.1 Å². The molecule has 43 heavy (non-hydrogen) atoms. The summed E-state index contributed by atoms with van der Waals surface area (Å²) in [7, 11) is 0. The number of ketones is 1. The summed E-state index contributed by atoms with van der Waals surface area (Å²) in [5.41, 5.74) is 4.33. The standard InChI is InChI=1S/C35H33ClN4O3/c1-7-32(42)38-15-16-39(22(4)20-38)34-28-18-29(36)27(25-12-10-11-24(17-25)23(5)41)19-31(28)40(35(43)33(34)37-6)30-14-9-8-13-26(30)21(2)3/h7-14,17-19,21-22H,1,15-16,20H2,2-5H3/t22-/m0/s1. The van der Waals surface area contributed by atoms with Gasteiger partial charge in [0.05, 0.1) is 23.5 Å². The second-order valence-electron chi connectivity index (χ2n) is 11.2. The predicted molar refractivity (Wildman–Crippen MR) is 174 cm³/mol. The van der Waals surface area contributed by atoms with Gasteiger partial charge in [0.2, 0.25) is 5.91 Å². The van der Waals surface area contributed by atoms with Crippen molar-refractivity contribution in [1.82, 2.24) is 9.47 Å². The summed E-state index contributed by atoms with van der Waals surface area (Å²) in [6.07, 6.45) is 1.30. The van der Waals surface area contributed by atoms with E-state index < -0.39 is 5.56 Å². The van der Waals surface area contributed by atoms with Crippen LogP contribution in [0.15, 0.2) is 78.1 Å². The SMILES string of the molecule is [C-]#[N+]c1c(N2CCN(C(=O)C=C)C[C@@H]2C)c2cc(Cl)c(-c3cccc(C(C)=O)c3)cc2n(-c2ccccc2C(C)C)c1=O. The first-order valence-electron chi connectivity index (χ1n) is 14.3. The van der Waals surface area contributed by atoms with Gasteiger partial charge in [-0.3, -0.25) is 19.0 Å². The zero-order valence-electron chi connectivity index (χ0n) is 24.7. The molecule has 7 nitrogen and oxygen atoms in total. The van der Waals surface area contributed by atoms with Gasteiger partial charge in [0.15, 0.2) is 5.78 Å². The van der Waals surface area contributed by atoms with E-state index in [1.807, 2.05) is 60.4 Å². The number of amides is 1. The normalized spacial score (nSPS) is 15.0. The third kappa shape index (κ3) is 5.35. The maximum atomic E-state index is 14.4. The molecule has 1 saturated heterocycles. The molecule has 1 amide bonds. The van der Waals surface area contributed by atoms with Crippen molar-refractivity contribution in [2.45, 2.75) is 39.7 Å². The van der Waals surface area contributed by atoms with Crippen LogP contribution in [0.5, 0.6) is 0 Å². The third-order valence-electron chi connectivity index (χ3n) is 8.10. The minimum atomic E-state index is -0.423. The molecule has 1 aromatic heterocycles. The van der Waals surface area contributed by atoms with Crippen molar-refractivity contribution >= 4 is 45.6 Å². The van der Waals surface area contributed by atoms with E-state index in [4.69, 9.17) is 18.2 Å². The van der Waals surface area contributed by atoms with Crippen LogP contribution in [-0.4, -0.2) is 46.8 Å². The van der Waals surface area contributed by atoms with Gasteiger partial charge in [-0.2, -0.15) is 0 Å². The summed E-state index contributed by atoms with van der Waals surface area (Å²) in [4.78, 5) is 46.5. The average Bonchev–Trinajstić information content (AvgIpc) is 3.00. The second-order valence-corrected chi connectivity index (χ2v) is 11.6. The highest BCUT2D eigenvalue weighted by Gasteiger charge is 2.31. The Balaban J connectivity index is 1.86. The summed E-state index contributed by atoms with van der Waals surface area (Å²) in [6, 6.07) is 18.5. The minimum absolute atomic E-state index is 0.00352. The van der Waals surface area contributed by atoms with Crippen molar-refractivity contribution in [2.75, 3.05) is 24.5 Å². The summed E-state index contributed by atoms with van der Waals surface area (Å²) < 4.78 is 1.62. The molecule has 1 aliphatic heterocycles. The number of fused-ring (bicyclic) bond motifs is 1. The van der Waals surface area contributed by atoms with Crippen LogP contribution in [0.4, 0.5) is 11.4 Å². The number of anilines is 1. The molecule has 1 aliphatic rings. The van der Waals surface area contributed by atoms with Crippen LogP contribution in [0, 0.1) is 6.57 Å². The van der Waals surface area contributed by atoms with Crippen molar-refractivity contribution in [2.24, 2.45) is 0 Å². The summed E-state index contributed by atoms with van der Waals surface area (Å²) >= 11 is 6.98. The molecule has 0 saturated carbocycles. The van der Waals surface area contributed by atoms with Crippen molar-refractivity contribution < 1.29 is 9.59 Å². The molecular formula is C35H33ClN4O3. The molecule has 0 spiro atoms. The van der Waals surface area contributed by atoms with Crippen molar-refractivity contribution in [1.29, 1.82) is 0 Å². The summed E-state index contributed by atoms with van der Waals surface area (Å²) in [5.74, 6) is -0.0970. The zero-order chi connectivity index (χ0) is 31.0. The smallest absolute Gasteiger partial charge is 0.274 e. The number of halogens is 1. The molecule has 218 valence electrons. The monoisotopic (exact) mass is 592 g/mol. The molecule has 8 heteroatoms. The number of hydrogen-bond donors (Lipinski definition) is 0. The van der Waals surface area contributed by atoms with E-state index in [2.05, 4.69) is 25.3 Å². The Morgan fingerprint density at radius 2 is 1.84 bits per heavy atom. The molecule has 0 radical (unpaired) electrons. The quantitative estimate of drug-likeness (QED) is 0.133. The van der Waals surface area contributed by atoms with Gasteiger partial charge in [-0.05, 0) is 61.2 Å². The highest BCUT2D eigenvalue weighted by atomic mass is 35.5. The van der Waals surface area contributed by atoms with E-state index in [1.165, 1.54) is 13.0 Å². The van der Waals surface area contributed by atoms with E-state index in [1.54, 1.807) is 21.6 Å². The lowest BCUT2D eigenvalue weighted by Gasteiger charge is -2.42. The van der Waals surface area contributed by atoms with Gasteiger partial charge in [0, 0.05) is 47.2 Å². The molecule has 2 heterocycles. The number of pyridine rings is 1. The average molecular weight is 593 g/mol. The van der Waals surface area contributed by atoms with Crippen LogP contribution in [0.25, 0.3) is 32.6 Å². The number of Topliss-reactive ketones (excluding diaryl/α,β-unsaturated/α-hetero) is 1. The van der Waals surface area contributed by atoms with Gasteiger partial charge in [0.25, 0.3) is 11.2 Å². The second kappa shape index (κ2) is 11.9. The fourth-order valence-electron chi connectivity index (χ4n) is 5.94. The Labute approximate surface area is 256 Å². The third-order valence-corrected chi connectivity index (χ3v) is 8.42. The van der Waals surface area contributed by atoms with Crippen LogP contribution in [-0.2, 0) is 4.79 Å². The topological polar surface area (TPSA) is 67.0 Å². The molecule has 5 rings (SSSR count). The Bertz CT molecular complexity index is 1880. The lowest BCUT2D eigenvalue weighted by atomic mass is 9.97. The van der Waals surface area contributed by atoms with Crippen molar-refractivity contribution in [3.63, 3.8) is 0 Å². The van der Waals surface area contributed by atoms with Crippen LogP contribution < -0.4 is 10.5 Å². The van der Waals surface area contributed by atoms with Crippen LogP contribution in [0.3, 0.4) is 0 Å². The fraction of sp³-hybridized carbons (Fsp3) is 0.257. The molecule has 0 bridgehead atoms. The fourth-order valence-corrected chi connectivity index (χ4v) is 6.21. The number of aromatic nitrogens is 1. The number of piperazine rings is 1. The number of carbonyl (C=O) groups excluding carboxylic acids is 2. The van der Waals surface area contributed by atoms with E-state index in [-0.39, 0.29) is 29.3 Å². The number of benzene rings is 3. The lowest BCUT2D eigenvalue weighted by molar-refractivity contribution is -0.126. The predicted octanol–water partition coefficient (Wildman–Crippen LogP) is 7.41. The zero-order valence-corrected chi connectivity index (χ0v) is 25.5. The lowest BCUT2D eigenvalue weighted by Crippen LogP contribution is -2.53. The first kappa shape index (κ1) is 29.8. The van der Waals surface area contributed by atoms with Crippen LogP contribution in [0.1, 0.15) is 49.5 Å². The van der Waals surface area contributed by atoms with Crippen LogP contribution in [0.2, 0.25) is 5.02 Å². The molecule has 1 atom stereocenters. The van der Waals surface area contributed by atoms with E-state index >= 15 is 0 Å². The number of rotatable bonds is 6. The van der Waals surface area contributed by atoms with Gasteiger partial charge in [-0.25, -0.2) is 4.85 Å². The minimum Gasteiger partial charge on any atom is -0.373 e. The van der Waals surface area contributed by atoms with Crippen molar-refractivity contribution in [3.8, 4) is 16.8 Å². The van der Waals surface area contributed by atoms with Gasteiger partial charge in [-0.1, -0.05) is 68.4 Å². The van der Waals surface area contributed by atoms with E-state index in [9.17, 15) is 14.4 Å². The van der Waals surface area contributed by atoms with Crippen molar-refractivity contribution in [3.05, 3.63) is 111 Å². The summed E-state index contributed by atoms with van der Waals surface area (Å²) in [6.45, 7) is 20.7. The Morgan fingerprint density at radius 3 is 2.49 bits per heavy atom. The van der Waals surface area contributed by atoms with Gasteiger partial charge in [0.1, 0.15) is 0 Å². The molecule has 0 N–H and O–H groups in total. The van der Waals surface area contributed by atoms with Gasteiger partial charge >= 0.3 is 0 Å². The highest BCUT2D eigenvalue weighted by Crippen LogP contribution is 2.42. The number of para-hydroxylation sites is 1. The molecule has 4 aromatic rings. The number of carbonyl (C=O) groups is 2. The molecule has 3 aromatic carbocycles. The molecule has 0 aliphatic carbocycles. The molecule has 0 unspecified atom stereocenters. The molecular weight excluding hydrogens is 560 g/mol. The highest BCUT2D eigenvalue weighted by molar-refractivity contribution is 6.34. The Kier molecular flexibility index (Phi) is 8.25. The maximum absolute atomic E-state index is 14.4. The first-order valence-corrected chi connectivity index (χ1v) is 14.6. The van der Waals surface area contributed by atoms with Gasteiger partial charge < -0.3 is 9.80 Å². The van der Waals surface area contributed by atoms with E-state index in [0.29, 0.717) is 58.1 Å². The van der Waals surface area contributed by atoms with Crippen LogP contribution >= 0.6 is 11.6 Å². The molecule has 1 fully saturated rings. The Morgan fingerprint density at radius 1 is 1.09 bits per heavy atom. The first-order chi connectivity index (χ1) is 20.6. The maximum Gasteiger partial charge on any atom is 0.274 e. The number of hydrogen-bond acceptors (Lipinski definition) is 4.